The summed E-state index contributed by atoms with van der Waals surface area (Å²) in [5.41, 5.74) is 0.0361. The molecular weight excluding hydrogens is 337 g/mol. The van der Waals surface area contributed by atoms with Gasteiger partial charge in [0, 0.05) is 0 Å². The summed E-state index contributed by atoms with van der Waals surface area (Å²) in [6.07, 6.45) is 1.84. The summed E-state index contributed by atoms with van der Waals surface area (Å²) < 4.78 is 37.3. The Morgan fingerprint density at radius 3 is 2.08 bits per heavy atom. The topological polar surface area (TPSA) is 64.6 Å². The molecule has 0 bridgehead atoms. The molecule has 0 unspecified atom stereocenters. The summed E-state index contributed by atoms with van der Waals surface area (Å²) in [6, 6.07) is 6.96. The van der Waals surface area contributed by atoms with Crippen LogP contribution in [0.4, 0.5) is 0 Å². The average Bonchev–Trinajstić information content (AvgIpc) is 2.76. The van der Waals surface area contributed by atoms with Crippen LogP contribution in [0.1, 0.15) is 40.5 Å². The number of benzene rings is 1. The van der Waals surface area contributed by atoms with E-state index >= 15 is 0 Å². The van der Waals surface area contributed by atoms with Gasteiger partial charge in [-0.1, -0.05) is 12.1 Å². The molecule has 7 heteroatoms. The van der Waals surface area contributed by atoms with Crippen molar-refractivity contribution in [1.82, 2.24) is 5.32 Å². The van der Waals surface area contributed by atoms with Crippen LogP contribution in [0, 0.1) is 5.92 Å². The Kier molecular flexibility index (Phi) is 5.05. The van der Waals surface area contributed by atoms with Gasteiger partial charge in [-0.3, -0.25) is 0 Å². The second-order valence-electron chi connectivity index (χ2n) is 8.13. The lowest BCUT2D eigenvalue weighted by molar-refractivity contribution is 0.00578. The van der Waals surface area contributed by atoms with E-state index in [4.69, 9.17) is 9.31 Å². The first-order valence-corrected chi connectivity index (χ1v) is 10.6. The standard InChI is InChI=1S/C18H28BNO4S/c1-17(2)18(3,4)24-19(23-17)15-5-7-16(8-6-15)25(21,22)13-14-9-11-20-12-10-14/h5-8,14,20H,9-13H2,1-4H3. The minimum absolute atomic E-state index is 0.227. The Morgan fingerprint density at radius 2 is 1.56 bits per heavy atom. The first-order chi connectivity index (χ1) is 11.6. The van der Waals surface area contributed by atoms with E-state index in [2.05, 4.69) is 5.32 Å². The number of nitrogens with one attached hydrogen (secondary N) is 1. The Bertz CT molecular complexity index is 693. The summed E-state index contributed by atoms with van der Waals surface area (Å²) >= 11 is 0. The zero-order chi connectivity index (χ0) is 18.3. The zero-order valence-corrected chi connectivity index (χ0v) is 16.4. The van der Waals surface area contributed by atoms with Crippen LogP contribution in [0.5, 0.6) is 0 Å². The smallest absolute Gasteiger partial charge is 0.399 e. The predicted molar refractivity (Wildman–Crippen MR) is 99.8 cm³/mol. The summed E-state index contributed by atoms with van der Waals surface area (Å²) in [7, 11) is -3.72. The quantitative estimate of drug-likeness (QED) is 0.824. The zero-order valence-electron chi connectivity index (χ0n) is 15.5. The lowest BCUT2D eigenvalue weighted by atomic mass is 9.79. The van der Waals surface area contributed by atoms with E-state index in [1.54, 1.807) is 24.3 Å². The Hall–Kier alpha value is -0.885. The highest BCUT2D eigenvalue weighted by molar-refractivity contribution is 7.91. The van der Waals surface area contributed by atoms with Crippen molar-refractivity contribution >= 4 is 22.4 Å². The third kappa shape index (κ3) is 3.94. The highest BCUT2D eigenvalue weighted by Crippen LogP contribution is 2.36. The highest BCUT2D eigenvalue weighted by Gasteiger charge is 2.51. The molecule has 25 heavy (non-hydrogen) atoms. The molecule has 0 atom stereocenters. The molecule has 2 heterocycles. The molecule has 0 amide bonds. The largest absolute Gasteiger partial charge is 0.494 e. The van der Waals surface area contributed by atoms with Gasteiger partial charge in [-0.15, -0.1) is 0 Å². The summed E-state index contributed by atoms with van der Waals surface area (Å²) in [5.74, 6) is 0.471. The van der Waals surface area contributed by atoms with E-state index in [0.29, 0.717) is 4.90 Å². The molecule has 2 saturated heterocycles. The van der Waals surface area contributed by atoms with Crippen molar-refractivity contribution in [2.75, 3.05) is 18.8 Å². The molecule has 3 rings (SSSR count). The molecule has 0 aliphatic carbocycles. The number of rotatable bonds is 4. The van der Waals surface area contributed by atoms with Crippen molar-refractivity contribution in [3.05, 3.63) is 24.3 Å². The Labute approximate surface area is 151 Å². The third-order valence-corrected chi connectivity index (χ3v) is 7.58. The molecule has 138 valence electrons. The van der Waals surface area contributed by atoms with E-state index < -0.39 is 28.2 Å². The maximum atomic E-state index is 12.7. The van der Waals surface area contributed by atoms with Crippen molar-refractivity contribution in [1.29, 1.82) is 0 Å². The minimum Gasteiger partial charge on any atom is -0.399 e. The van der Waals surface area contributed by atoms with E-state index in [-0.39, 0.29) is 11.7 Å². The molecule has 1 aromatic rings. The second kappa shape index (κ2) is 6.69. The van der Waals surface area contributed by atoms with Gasteiger partial charge in [-0.2, -0.15) is 0 Å². The first kappa shape index (κ1) is 18.9. The van der Waals surface area contributed by atoms with Gasteiger partial charge in [0.15, 0.2) is 9.84 Å². The van der Waals surface area contributed by atoms with E-state index in [9.17, 15) is 8.42 Å². The summed E-state index contributed by atoms with van der Waals surface area (Å²) in [5, 5.41) is 3.27. The molecular formula is C18H28BNO4S. The number of sulfone groups is 1. The van der Waals surface area contributed by atoms with Crippen LogP contribution >= 0.6 is 0 Å². The van der Waals surface area contributed by atoms with E-state index in [0.717, 1.165) is 31.4 Å². The van der Waals surface area contributed by atoms with Crippen LogP contribution in [0.15, 0.2) is 29.2 Å². The molecule has 1 aromatic carbocycles. The lowest BCUT2D eigenvalue weighted by Gasteiger charge is -2.32. The summed E-state index contributed by atoms with van der Waals surface area (Å²) in [4.78, 5) is 0.381. The minimum atomic E-state index is -3.26. The van der Waals surface area contributed by atoms with Gasteiger partial charge < -0.3 is 14.6 Å². The van der Waals surface area contributed by atoms with Crippen LogP contribution in [0.2, 0.25) is 0 Å². The van der Waals surface area contributed by atoms with Crippen LogP contribution in [0.25, 0.3) is 0 Å². The second-order valence-corrected chi connectivity index (χ2v) is 10.2. The summed E-state index contributed by atoms with van der Waals surface area (Å²) in [6.45, 7) is 9.83. The third-order valence-electron chi connectivity index (χ3n) is 5.68. The molecule has 0 radical (unpaired) electrons. The number of hydrogen-bond donors (Lipinski definition) is 1. The molecule has 0 saturated carbocycles. The molecule has 5 nitrogen and oxygen atoms in total. The lowest BCUT2D eigenvalue weighted by Crippen LogP contribution is -2.41. The molecule has 2 aliphatic heterocycles. The Morgan fingerprint density at radius 1 is 1.04 bits per heavy atom. The Balaban J connectivity index is 1.72. The van der Waals surface area contributed by atoms with Gasteiger partial charge in [-0.05, 0) is 77.1 Å². The van der Waals surface area contributed by atoms with Gasteiger partial charge in [0.1, 0.15) is 0 Å². The van der Waals surface area contributed by atoms with Crippen LogP contribution in [-0.2, 0) is 19.1 Å². The molecule has 0 spiro atoms. The van der Waals surface area contributed by atoms with Crippen molar-refractivity contribution in [2.45, 2.75) is 56.6 Å². The molecule has 0 aromatic heterocycles. The van der Waals surface area contributed by atoms with Gasteiger partial charge in [-0.25, -0.2) is 8.42 Å². The number of piperidine rings is 1. The van der Waals surface area contributed by atoms with E-state index in [1.165, 1.54) is 0 Å². The van der Waals surface area contributed by atoms with Crippen molar-refractivity contribution in [2.24, 2.45) is 5.92 Å². The van der Waals surface area contributed by atoms with Crippen molar-refractivity contribution in [3.8, 4) is 0 Å². The van der Waals surface area contributed by atoms with Crippen LogP contribution in [-0.4, -0.2) is 45.6 Å². The van der Waals surface area contributed by atoms with Crippen molar-refractivity contribution in [3.63, 3.8) is 0 Å². The monoisotopic (exact) mass is 365 g/mol. The normalized spacial score (nSPS) is 23.8. The fourth-order valence-electron chi connectivity index (χ4n) is 3.27. The van der Waals surface area contributed by atoms with Crippen LogP contribution in [0.3, 0.4) is 0 Å². The fourth-order valence-corrected chi connectivity index (χ4v) is 4.96. The van der Waals surface area contributed by atoms with Gasteiger partial charge >= 0.3 is 7.12 Å². The first-order valence-electron chi connectivity index (χ1n) is 9.00. The number of hydrogen-bond acceptors (Lipinski definition) is 5. The molecule has 2 fully saturated rings. The van der Waals surface area contributed by atoms with Crippen LogP contribution < -0.4 is 10.8 Å². The van der Waals surface area contributed by atoms with E-state index in [1.807, 2.05) is 27.7 Å². The average molecular weight is 365 g/mol. The molecule has 1 N–H and O–H groups in total. The maximum Gasteiger partial charge on any atom is 0.494 e. The van der Waals surface area contributed by atoms with Gasteiger partial charge in [0.05, 0.1) is 21.9 Å². The van der Waals surface area contributed by atoms with Gasteiger partial charge in [0.2, 0.25) is 0 Å². The SMILES string of the molecule is CC1(C)OB(c2ccc(S(=O)(=O)CC3CCNCC3)cc2)OC1(C)C. The molecule has 2 aliphatic rings. The van der Waals surface area contributed by atoms with Gasteiger partial charge in [0.25, 0.3) is 0 Å². The highest BCUT2D eigenvalue weighted by atomic mass is 32.2. The predicted octanol–water partition coefficient (Wildman–Crippen LogP) is 1.76. The fraction of sp³-hybridized carbons (Fsp3) is 0.667. The van der Waals surface area contributed by atoms with Crippen molar-refractivity contribution < 1.29 is 17.7 Å². The maximum absolute atomic E-state index is 12.7.